The van der Waals surface area contributed by atoms with Crippen molar-refractivity contribution in [2.24, 2.45) is 0 Å². The van der Waals surface area contributed by atoms with Gasteiger partial charge >= 0.3 is 0 Å². The average molecular weight is 238 g/mol. The second-order valence-corrected chi connectivity index (χ2v) is 3.74. The molecule has 0 radical (unpaired) electrons. The molecule has 2 rings (SSSR count). The highest BCUT2D eigenvalue weighted by Gasteiger charge is 2.03. The molecule has 1 heterocycles. The van der Waals surface area contributed by atoms with Crippen molar-refractivity contribution in [3.63, 3.8) is 0 Å². The molecule has 1 N–H and O–H groups in total. The Balaban J connectivity index is 2.47. The molecule has 0 bridgehead atoms. The lowest BCUT2D eigenvalue weighted by atomic mass is 10.1. The quantitative estimate of drug-likeness (QED) is 0.815. The predicted octanol–water partition coefficient (Wildman–Crippen LogP) is 3.03. The Bertz CT molecular complexity index is 499. The molecule has 2 nitrogen and oxygen atoms in total. The zero-order valence-electron chi connectivity index (χ0n) is 8.32. The largest absolute Gasteiger partial charge is 0.392 e. The molecule has 0 amide bonds. The van der Waals surface area contributed by atoms with Gasteiger partial charge in [-0.1, -0.05) is 11.6 Å². The van der Waals surface area contributed by atoms with E-state index in [9.17, 15) is 4.39 Å². The third-order valence-electron chi connectivity index (χ3n) is 2.18. The molecule has 0 fully saturated rings. The van der Waals surface area contributed by atoms with Gasteiger partial charge in [0.15, 0.2) is 0 Å². The Morgan fingerprint density at radius 2 is 1.88 bits per heavy atom. The first-order valence-electron chi connectivity index (χ1n) is 4.72. The summed E-state index contributed by atoms with van der Waals surface area (Å²) in [5, 5.41) is 9.34. The molecule has 0 aliphatic rings. The van der Waals surface area contributed by atoms with Crippen molar-refractivity contribution in [3.8, 4) is 11.3 Å². The van der Waals surface area contributed by atoms with Gasteiger partial charge in [-0.15, -0.1) is 0 Å². The molecule has 0 atom stereocenters. The van der Waals surface area contributed by atoms with Gasteiger partial charge in [-0.05, 0) is 42.0 Å². The molecule has 1 aromatic heterocycles. The number of hydrogen-bond acceptors (Lipinski definition) is 2. The van der Waals surface area contributed by atoms with E-state index >= 15 is 0 Å². The highest BCUT2D eigenvalue weighted by molar-refractivity contribution is 6.29. The first kappa shape index (κ1) is 11.0. The lowest BCUT2D eigenvalue weighted by molar-refractivity contribution is 0.282. The number of benzene rings is 1. The Kier molecular flexibility index (Phi) is 3.17. The second kappa shape index (κ2) is 4.60. The zero-order valence-corrected chi connectivity index (χ0v) is 9.08. The Morgan fingerprint density at radius 3 is 2.50 bits per heavy atom. The molecular formula is C12H9ClFNO. The number of rotatable bonds is 2. The van der Waals surface area contributed by atoms with Crippen molar-refractivity contribution in [1.29, 1.82) is 0 Å². The fourth-order valence-electron chi connectivity index (χ4n) is 1.41. The van der Waals surface area contributed by atoms with E-state index in [1.54, 1.807) is 24.3 Å². The minimum absolute atomic E-state index is 0.101. The van der Waals surface area contributed by atoms with Crippen molar-refractivity contribution in [2.75, 3.05) is 0 Å². The number of halogens is 2. The van der Waals surface area contributed by atoms with Gasteiger partial charge in [0.05, 0.1) is 12.3 Å². The summed E-state index contributed by atoms with van der Waals surface area (Å²) in [4.78, 5) is 4.11. The molecule has 0 saturated heterocycles. The number of nitrogens with zero attached hydrogens (tertiary/aromatic N) is 1. The number of aromatic nitrogens is 1. The lowest BCUT2D eigenvalue weighted by Crippen LogP contribution is -1.90. The van der Waals surface area contributed by atoms with Crippen molar-refractivity contribution in [1.82, 2.24) is 4.98 Å². The van der Waals surface area contributed by atoms with Crippen LogP contribution < -0.4 is 0 Å². The molecule has 82 valence electrons. The van der Waals surface area contributed by atoms with E-state index in [1.807, 2.05) is 0 Å². The first-order valence-corrected chi connectivity index (χ1v) is 5.10. The molecule has 0 saturated carbocycles. The minimum atomic E-state index is -0.298. The van der Waals surface area contributed by atoms with E-state index in [1.165, 1.54) is 12.1 Å². The smallest absolute Gasteiger partial charge is 0.130 e. The fourth-order valence-corrected chi connectivity index (χ4v) is 1.64. The SMILES string of the molecule is OCc1cc(Cl)nc(-c2ccc(F)cc2)c1. The maximum Gasteiger partial charge on any atom is 0.130 e. The standard InChI is InChI=1S/C12H9ClFNO/c13-12-6-8(7-16)5-11(15-12)9-1-3-10(14)4-2-9/h1-6,16H,7H2. The molecule has 2 aromatic rings. The maximum atomic E-state index is 12.7. The van der Waals surface area contributed by atoms with Crippen LogP contribution in [-0.2, 0) is 6.61 Å². The predicted molar refractivity (Wildman–Crippen MR) is 60.6 cm³/mol. The van der Waals surface area contributed by atoms with Gasteiger partial charge in [0.2, 0.25) is 0 Å². The van der Waals surface area contributed by atoms with E-state index in [-0.39, 0.29) is 12.4 Å². The van der Waals surface area contributed by atoms with Crippen LogP contribution in [0.4, 0.5) is 4.39 Å². The summed E-state index contributed by atoms with van der Waals surface area (Å²) in [5.41, 5.74) is 2.06. The van der Waals surface area contributed by atoms with Gasteiger partial charge in [-0.2, -0.15) is 0 Å². The van der Waals surface area contributed by atoms with Crippen LogP contribution in [0.1, 0.15) is 5.56 Å². The second-order valence-electron chi connectivity index (χ2n) is 3.35. The van der Waals surface area contributed by atoms with E-state index < -0.39 is 0 Å². The lowest BCUT2D eigenvalue weighted by Gasteiger charge is -2.04. The number of aliphatic hydroxyl groups excluding tert-OH is 1. The molecule has 0 aliphatic carbocycles. The molecule has 0 unspecified atom stereocenters. The molecule has 1 aromatic carbocycles. The van der Waals surface area contributed by atoms with Gasteiger partial charge in [0.1, 0.15) is 11.0 Å². The third kappa shape index (κ3) is 2.38. The number of aliphatic hydroxyl groups is 1. The highest BCUT2D eigenvalue weighted by atomic mass is 35.5. The highest BCUT2D eigenvalue weighted by Crippen LogP contribution is 2.21. The summed E-state index contributed by atoms with van der Waals surface area (Å²) in [5.74, 6) is -0.298. The zero-order chi connectivity index (χ0) is 11.5. The van der Waals surface area contributed by atoms with Gasteiger partial charge in [0.25, 0.3) is 0 Å². The van der Waals surface area contributed by atoms with Crippen LogP contribution in [0.5, 0.6) is 0 Å². The van der Waals surface area contributed by atoms with E-state index in [0.717, 1.165) is 5.56 Å². The summed E-state index contributed by atoms with van der Waals surface area (Å²) in [6, 6.07) is 9.27. The first-order chi connectivity index (χ1) is 7.69. The normalized spacial score (nSPS) is 10.4. The monoisotopic (exact) mass is 237 g/mol. The van der Waals surface area contributed by atoms with Crippen LogP contribution in [0.3, 0.4) is 0 Å². The molecule has 4 heteroatoms. The molecular weight excluding hydrogens is 229 g/mol. The Morgan fingerprint density at radius 1 is 1.19 bits per heavy atom. The van der Waals surface area contributed by atoms with Crippen LogP contribution in [0.2, 0.25) is 5.15 Å². The van der Waals surface area contributed by atoms with Crippen molar-refractivity contribution < 1.29 is 9.50 Å². The average Bonchev–Trinajstić information content (AvgIpc) is 2.29. The van der Waals surface area contributed by atoms with E-state index in [4.69, 9.17) is 16.7 Å². The van der Waals surface area contributed by atoms with Crippen LogP contribution >= 0.6 is 11.6 Å². The van der Waals surface area contributed by atoms with Gasteiger partial charge < -0.3 is 5.11 Å². The van der Waals surface area contributed by atoms with Crippen molar-refractivity contribution >= 4 is 11.6 Å². The Labute approximate surface area is 97.3 Å². The maximum absolute atomic E-state index is 12.7. The minimum Gasteiger partial charge on any atom is -0.392 e. The summed E-state index contributed by atoms with van der Waals surface area (Å²) < 4.78 is 12.7. The summed E-state index contributed by atoms with van der Waals surface area (Å²) in [6.07, 6.45) is 0. The van der Waals surface area contributed by atoms with E-state index in [0.29, 0.717) is 16.4 Å². The van der Waals surface area contributed by atoms with Crippen LogP contribution in [0.15, 0.2) is 36.4 Å². The molecule has 0 aliphatic heterocycles. The number of hydrogen-bond donors (Lipinski definition) is 1. The summed E-state index contributed by atoms with van der Waals surface area (Å²) >= 11 is 5.81. The summed E-state index contributed by atoms with van der Waals surface area (Å²) in [7, 11) is 0. The molecule has 16 heavy (non-hydrogen) atoms. The topological polar surface area (TPSA) is 33.1 Å². The van der Waals surface area contributed by atoms with Crippen LogP contribution in [0.25, 0.3) is 11.3 Å². The van der Waals surface area contributed by atoms with E-state index in [2.05, 4.69) is 4.98 Å². The molecule has 0 spiro atoms. The van der Waals surface area contributed by atoms with Crippen LogP contribution in [0, 0.1) is 5.82 Å². The number of pyridine rings is 1. The van der Waals surface area contributed by atoms with Gasteiger partial charge in [0, 0.05) is 5.56 Å². The Hall–Kier alpha value is -1.45. The van der Waals surface area contributed by atoms with Crippen molar-refractivity contribution in [3.05, 3.63) is 52.9 Å². The van der Waals surface area contributed by atoms with Gasteiger partial charge in [-0.3, -0.25) is 0 Å². The van der Waals surface area contributed by atoms with Crippen LogP contribution in [-0.4, -0.2) is 10.1 Å². The third-order valence-corrected chi connectivity index (χ3v) is 2.37. The summed E-state index contributed by atoms with van der Waals surface area (Å²) in [6.45, 7) is -0.101. The fraction of sp³-hybridized carbons (Fsp3) is 0.0833. The van der Waals surface area contributed by atoms with Crippen molar-refractivity contribution in [2.45, 2.75) is 6.61 Å². The van der Waals surface area contributed by atoms with Gasteiger partial charge in [-0.25, -0.2) is 9.37 Å².